The van der Waals surface area contributed by atoms with Crippen LogP contribution in [-0.4, -0.2) is 5.11 Å². The van der Waals surface area contributed by atoms with E-state index < -0.39 is 0 Å². The zero-order valence-corrected chi connectivity index (χ0v) is 9.56. The van der Waals surface area contributed by atoms with Crippen molar-refractivity contribution in [1.82, 2.24) is 0 Å². The summed E-state index contributed by atoms with van der Waals surface area (Å²) in [4.78, 5) is 0. The van der Waals surface area contributed by atoms with Crippen molar-refractivity contribution in [2.24, 2.45) is 0 Å². The lowest BCUT2D eigenvalue weighted by Gasteiger charge is -2.06. The molecule has 3 heteroatoms. The highest BCUT2D eigenvalue weighted by Crippen LogP contribution is 2.18. The van der Waals surface area contributed by atoms with E-state index in [1.807, 2.05) is 42.5 Å². The zero-order valence-electron chi connectivity index (χ0n) is 9.56. The van der Waals surface area contributed by atoms with Crippen LogP contribution in [0.3, 0.4) is 0 Å². The fourth-order valence-electron chi connectivity index (χ4n) is 1.73. The number of nitrogens with two attached hydrogens (primary N) is 2. The lowest BCUT2D eigenvalue weighted by atomic mass is 10.0. The molecule has 0 aromatic heterocycles. The fourth-order valence-corrected chi connectivity index (χ4v) is 1.73. The van der Waals surface area contributed by atoms with Gasteiger partial charge in [0.15, 0.2) is 0 Å². The molecular formula is C14H16N2O. The molecule has 0 radical (unpaired) electrons. The molecule has 2 aromatic carbocycles. The molecule has 0 aliphatic heterocycles. The van der Waals surface area contributed by atoms with Gasteiger partial charge in [-0.3, -0.25) is 0 Å². The highest BCUT2D eigenvalue weighted by Gasteiger charge is 2.00. The molecule has 0 spiro atoms. The zero-order chi connectivity index (χ0) is 12.3. The molecule has 0 saturated heterocycles. The van der Waals surface area contributed by atoms with Crippen LogP contribution < -0.4 is 11.5 Å². The molecule has 3 nitrogen and oxygen atoms in total. The summed E-state index contributed by atoms with van der Waals surface area (Å²) in [5.41, 5.74) is 15.9. The molecule has 0 fully saturated rings. The molecule has 0 atom stereocenters. The van der Waals surface area contributed by atoms with Crippen molar-refractivity contribution in [3.63, 3.8) is 0 Å². The predicted molar refractivity (Wildman–Crippen MR) is 70.4 cm³/mol. The molecule has 0 aliphatic carbocycles. The Labute approximate surface area is 101 Å². The maximum atomic E-state index is 8.95. The quantitative estimate of drug-likeness (QED) is 0.703. The molecule has 0 heterocycles. The summed E-state index contributed by atoms with van der Waals surface area (Å²) in [5, 5.41) is 8.95. The molecule has 88 valence electrons. The van der Waals surface area contributed by atoms with Crippen LogP contribution in [-0.2, 0) is 13.0 Å². The second kappa shape index (κ2) is 4.89. The third-order valence-corrected chi connectivity index (χ3v) is 2.76. The van der Waals surface area contributed by atoms with Crippen molar-refractivity contribution in [2.45, 2.75) is 13.0 Å². The second-order valence-corrected chi connectivity index (χ2v) is 4.11. The van der Waals surface area contributed by atoms with Crippen molar-refractivity contribution in [1.29, 1.82) is 0 Å². The minimum absolute atomic E-state index is 0.0785. The minimum Gasteiger partial charge on any atom is -0.397 e. The maximum absolute atomic E-state index is 8.95. The number of nitrogen functional groups attached to an aromatic ring is 2. The number of hydrogen-bond acceptors (Lipinski definition) is 3. The van der Waals surface area contributed by atoms with Crippen LogP contribution in [0.4, 0.5) is 11.4 Å². The molecule has 0 amide bonds. The first-order chi connectivity index (χ1) is 8.19. The van der Waals surface area contributed by atoms with E-state index in [1.165, 1.54) is 5.56 Å². The number of aliphatic hydroxyl groups is 1. The van der Waals surface area contributed by atoms with E-state index in [0.717, 1.165) is 17.5 Å². The lowest BCUT2D eigenvalue weighted by Crippen LogP contribution is -1.96. The van der Waals surface area contributed by atoms with Gasteiger partial charge in [-0.05, 0) is 35.2 Å². The van der Waals surface area contributed by atoms with Crippen LogP contribution >= 0.6 is 0 Å². The summed E-state index contributed by atoms with van der Waals surface area (Å²) >= 11 is 0. The van der Waals surface area contributed by atoms with Crippen molar-refractivity contribution < 1.29 is 5.11 Å². The molecular weight excluding hydrogens is 212 g/mol. The summed E-state index contributed by atoms with van der Waals surface area (Å²) < 4.78 is 0. The largest absolute Gasteiger partial charge is 0.397 e. The van der Waals surface area contributed by atoms with E-state index in [9.17, 15) is 0 Å². The van der Waals surface area contributed by atoms with Crippen LogP contribution in [0.5, 0.6) is 0 Å². The van der Waals surface area contributed by atoms with Gasteiger partial charge in [0.25, 0.3) is 0 Å². The van der Waals surface area contributed by atoms with Gasteiger partial charge in [0.1, 0.15) is 0 Å². The maximum Gasteiger partial charge on any atom is 0.0681 e. The van der Waals surface area contributed by atoms with Crippen LogP contribution in [0.15, 0.2) is 42.5 Å². The Balaban J connectivity index is 2.16. The Morgan fingerprint density at radius 2 is 1.35 bits per heavy atom. The summed E-state index contributed by atoms with van der Waals surface area (Å²) in [6, 6.07) is 13.6. The van der Waals surface area contributed by atoms with Gasteiger partial charge in [-0.15, -0.1) is 0 Å². The molecule has 0 bridgehead atoms. The van der Waals surface area contributed by atoms with Gasteiger partial charge in [-0.1, -0.05) is 30.3 Å². The first kappa shape index (κ1) is 11.5. The molecule has 0 unspecified atom stereocenters. The Morgan fingerprint density at radius 3 is 1.94 bits per heavy atom. The summed E-state index contributed by atoms with van der Waals surface area (Å²) in [5.74, 6) is 0. The van der Waals surface area contributed by atoms with Crippen LogP contribution in [0.2, 0.25) is 0 Å². The van der Waals surface area contributed by atoms with Gasteiger partial charge in [0, 0.05) is 0 Å². The molecule has 0 aliphatic rings. The van der Waals surface area contributed by atoms with Crippen molar-refractivity contribution >= 4 is 11.4 Å². The first-order valence-corrected chi connectivity index (χ1v) is 5.51. The Bertz CT molecular complexity index is 506. The standard InChI is InChI=1S/C14H16N2O/c15-13-6-5-12(8-14(13)16)7-10-1-3-11(9-17)4-2-10/h1-6,8,17H,7,9,15-16H2. The van der Waals surface area contributed by atoms with Gasteiger partial charge in [-0.25, -0.2) is 0 Å². The lowest BCUT2D eigenvalue weighted by molar-refractivity contribution is 0.282. The van der Waals surface area contributed by atoms with Crippen LogP contribution in [0, 0.1) is 0 Å². The van der Waals surface area contributed by atoms with Crippen molar-refractivity contribution in [3.8, 4) is 0 Å². The third-order valence-electron chi connectivity index (χ3n) is 2.76. The third kappa shape index (κ3) is 2.77. The number of aliphatic hydroxyl groups excluding tert-OH is 1. The predicted octanol–water partition coefficient (Wildman–Crippen LogP) is 1.93. The number of hydrogen-bond donors (Lipinski definition) is 3. The van der Waals surface area contributed by atoms with Crippen LogP contribution in [0.1, 0.15) is 16.7 Å². The van der Waals surface area contributed by atoms with E-state index in [-0.39, 0.29) is 6.61 Å². The molecule has 2 aromatic rings. The van der Waals surface area contributed by atoms with E-state index in [2.05, 4.69) is 0 Å². The van der Waals surface area contributed by atoms with Gasteiger partial charge < -0.3 is 16.6 Å². The monoisotopic (exact) mass is 228 g/mol. The highest BCUT2D eigenvalue weighted by atomic mass is 16.3. The van der Waals surface area contributed by atoms with E-state index >= 15 is 0 Å². The Hall–Kier alpha value is -2.00. The van der Waals surface area contributed by atoms with E-state index in [0.29, 0.717) is 11.4 Å². The summed E-state index contributed by atoms with van der Waals surface area (Å²) in [6.45, 7) is 0.0785. The smallest absolute Gasteiger partial charge is 0.0681 e. The van der Waals surface area contributed by atoms with Crippen molar-refractivity contribution in [3.05, 3.63) is 59.2 Å². The molecule has 0 saturated carbocycles. The van der Waals surface area contributed by atoms with E-state index in [4.69, 9.17) is 16.6 Å². The Kier molecular flexibility index (Phi) is 3.30. The Morgan fingerprint density at radius 1 is 0.765 bits per heavy atom. The average molecular weight is 228 g/mol. The van der Waals surface area contributed by atoms with Gasteiger partial charge in [0.05, 0.1) is 18.0 Å². The topological polar surface area (TPSA) is 72.3 Å². The summed E-state index contributed by atoms with van der Waals surface area (Å²) in [7, 11) is 0. The number of benzene rings is 2. The van der Waals surface area contributed by atoms with E-state index in [1.54, 1.807) is 0 Å². The van der Waals surface area contributed by atoms with Gasteiger partial charge in [-0.2, -0.15) is 0 Å². The average Bonchev–Trinajstić information content (AvgIpc) is 2.35. The van der Waals surface area contributed by atoms with Crippen LogP contribution in [0.25, 0.3) is 0 Å². The number of anilines is 2. The second-order valence-electron chi connectivity index (χ2n) is 4.11. The SMILES string of the molecule is Nc1ccc(Cc2ccc(CO)cc2)cc1N. The molecule has 5 N–H and O–H groups in total. The minimum atomic E-state index is 0.0785. The molecule has 2 rings (SSSR count). The normalized spacial score (nSPS) is 10.4. The molecule has 17 heavy (non-hydrogen) atoms. The highest BCUT2D eigenvalue weighted by molar-refractivity contribution is 5.64. The van der Waals surface area contributed by atoms with Gasteiger partial charge >= 0.3 is 0 Å². The van der Waals surface area contributed by atoms with Gasteiger partial charge in [0.2, 0.25) is 0 Å². The summed E-state index contributed by atoms with van der Waals surface area (Å²) in [6.07, 6.45) is 0.816. The first-order valence-electron chi connectivity index (χ1n) is 5.51. The fraction of sp³-hybridized carbons (Fsp3) is 0.143. The van der Waals surface area contributed by atoms with Crippen molar-refractivity contribution in [2.75, 3.05) is 11.5 Å². The number of rotatable bonds is 3.